The van der Waals surface area contributed by atoms with E-state index >= 15 is 0 Å². The van der Waals surface area contributed by atoms with Gasteiger partial charge in [0.05, 0.1) is 12.0 Å². The number of ether oxygens (including phenoxy) is 1. The molecule has 0 fully saturated rings. The quantitative estimate of drug-likeness (QED) is 0.627. The summed E-state index contributed by atoms with van der Waals surface area (Å²) in [5, 5.41) is 0. The van der Waals surface area contributed by atoms with Crippen molar-refractivity contribution < 1.29 is 22.7 Å². The van der Waals surface area contributed by atoms with Crippen molar-refractivity contribution in [2.45, 2.75) is 12.8 Å². The highest BCUT2D eigenvalue weighted by Gasteiger charge is 2.15. The van der Waals surface area contributed by atoms with Gasteiger partial charge >= 0.3 is 5.97 Å². The van der Waals surface area contributed by atoms with Gasteiger partial charge < -0.3 is 4.74 Å². The number of para-hydroxylation sites is 1. The van der Waals surface area contributed by atoms with Gasteiger partial charge in [-0.15, -0.1) is 0 Å². The van der Waals surface area contributed by atoms with Gasteiger partial charge in [0.2, 0.25) is 0 Å². The molecule has 0 unspecified atom stereocenters. The van der Waals surface area contributed by atoms with Crippen molar-refractivity contribution in [2.75, 3.05) is 0 Å². The second kappa shape index (κ2) is 6.23. The van der Waals surface area contributed by atoms with Crippen molar-refractivity contribution in [2.24, 2.45) is 0 Å². The summed E-state index contributed by atoms with van der Waals surface area (Å²) in [7, 11) is 0. The van der Waals surface area contributed by atoms with Crippen molar-refractivity contribution in [1.29, 1.82) is 0 Å². The van der Waals surface area contributed by atoms with Gasteiger partial charge in [0.25, 0.3) is 6.43 Å². The minimum atomic E-state index is -2.92. The van der Waals surface area contributed by atoms with Crippen LogP contribution in [0.4, 0.5) is 13.2 Å². The van der Waals surface area contributed by atoms with Crippen LogP contribution >= 0.6 is 0 Å². The van der Waals surface area contributed by atoms with Gasteiger partial charge in [-0.05, 0) is 29.8 Å². The van der Waals surface area contributed by atoms with Gasteiger partial charge in [0, 0.05) is 0 Å². The summed E-state index contributed by atoms with van der Waals surface area (Å²) in [6.07, 6.45) is -3.12. The van der Waals surface area contributed by atoms with Crippen LogP contribution in [0.25, 0.3) is 0 Å². The minimum Gasteiger partial charge on any atom is -0.426 e. The standard InChI is InChI=1S/C15H11F3O2/c16-13-7-6-10(8-12(13)15(17)18)9-14(19)20-11-4-2-1-3-5-11/h1-8,15H,9H2. The summed E-state index contributed by atoms with van der Waals surface area (Å²) in [4.78, 5) is 11.6. The van der Waals surface area contributed by atoms with E-state index in [1.165, 1.54) is 6.07 Å². The molecule has 2 nitrogen and oxygen atoms in total. The maximum absolute atomic E-state index is 13.1. The summed E-state index contributed by atoms with van der Waals surface area (Å²) in [6.45, 7) is 0. The molecule has 0 bridgehead atoms. The fourth-order valence-electron chi connectivity index (χ4n) is 1.69. The third-order valence-corrected chi connectivity index (χ3v) is 2.62. The molecule has 0 spiro atoms. The lowest BCUT2D eigenvalue weighted by molar-refractivity contribution is -0.133. The molecular formula is C15H11F3O2. The Balaban J connectivity index is 2.06. The van der Waals surface area contributed by atoms with E-state index in [9.17, 15) is 18.0 Å². The third kappa shape index (κ3) is 3.60. The predicted molar refractivity (Wildman–Crippen MR) is 67.1 cm³/mol. The van der Waals surface area contributed by atoms with Gasteiger partial charge in [-0.3, -0.25) is 4.79 Å². The molecular weight excluding hydrogens is 269 g/mol. The Morgan fingerprint density at radius 1 is 1.10 bits per heavy atom. The van der Waals surface area contributed by atoms with Crippen molar-refractivity contribution in [3.8, 4) is 5.75 Å². The first kappa shape index (κ1) is 14.1. The number of carbonyl (C=O) groups is 1. The summed E-state index contributed by atoms with van der Waals surface area (Å²) < 4.78 is 43.2. The van der Waals surface area contributed by atoms with E-state index in [1.807, 2.05) is 0 Å². The highest BCUT2D eigenvalue weighted by Crippen LogP contribution is 2.23. The van der Waals surface area contributed by atoms with E-state index in [2.05, 4.69) is 0 Å². The SMILES string of the molecule is O=C(Cc1ccc(F)c(C(F)F)c1)Oc1ccccc1. The van der Waals surface area contributed by atoms with Gasteiger partial charge in [0.1, 0.15) is 11.6 Å². The average Bonchev–Trinajstić information content (AvgIpc) is 2.41. The topological polar surface area (TPSA) is 26.3 Å². The molecule has 0 saturated heterocycles. The summed E-state index contributed by atoms with van der Waals surface area (Å²) in [5.74, 6) is -1.21. The maximum atomic E-state index is 13.1. The lowest BCUT2D eigenvalue weighted by Crippen LogP contribution is -2.11. The van der Waals surface area contributed by atoms with Gasteiger partial charge in [-0.25, -0.2) is 13.2 Å². The molecule has 2 aromatic carbocycles. The molecule has 0 atom stereocenters. The average molecular weight is 280 g/mol. The van der Waals surface area contributed by atoms with Crippen LogP contribution in [0, 0.1) is 5.82 Å². The van der Waals surface area contributed by atoms with E-state index in [0.717, 1.165) is 12.1 Å². The van der Waals surface area contributed by atoms with E-state index in [0.29, 0.717) is 5.75 Å². The van der Waals surface area contributed by atoms with Crippen molar-refractivity contribution >= 4 is 5.97 Å². The zero-order valence-corrected chi connectivity index (χ0v) is 10.4. The number of esters is 1. The van der Waals surface area contributed by atoms with Crippen LogP contribution in [0.3, 0.4) is 0 Å². The van der Waals surface area contributed by atoms with Crippen molar-refractivity contribution in [3.63, 3.8) is 0 Å². The number of benzene rings is 2. The lowest BCUT2D eigenvalue weighted by Gasteiger charge is -2.07. The molecule has 20 heavy (non-hydrogen) atoms. The fourth-order valence-corrected chi connectivity index (χ4v) is 1.69. The molecule has 0 N–H and O–H groups in total. The summed E-state index contributed by atoms with van der Waals surface area (Å²) in [6, 6.07) is 11.6. The molecule has 0 aliphatic heterocycles. The van der Waals surface area contributed by atoms with Gasteiger partial charge in [0.15, 0.2) is 0 Å². The number of alkyl halides is 2. The molecule has 0 heterocycles. The normalized spacial score (nSPS) is 10.6. The van der Waals surface area contributed by atoms with Crippen LogP contribution < -0.4 is 4.74 Å². The third-order valence-electron chi connectivity index (χ3n) is 2.62. The Labute approximate surface area is 113 Å². The number of hydrogen-bond acceptors (Lipinski definition) is 2. The van der Waals surface area contributed by atoms with E-state index < -0.39 is 23.8 Å². The van der Waals surface area contributed by atoms with Crippen molar-refractivity contribution in [3.05, 3.63) is 65.5 Å². The highest BCUT2D eigenvalue weighted by atomic mass is 19.3. The van der Waals surface area contributed by atoms with Gasteiger partial charge in [-0.1, -0.05) is 24.3 Å². The second-order valence-corrected chi connectivity index (χ2v) is 4.12. The van der Waals surface area contributed by atoms with Gasteiger partial charge in [-0.2, -0.15) is 0 Å². The minimum absolute atomic E-state index is 0.200. The van der Waals surface area contributed by atoms with Crippen LogP contribution in [-0.2, 0) is 11.2 Å². The molecule has 5 heteroatoms. The fraction of sp³-hybridized carbons (Fsp3) is 0.133. The molecule has 0 aromatic heterocycles. The Morgan fingerprint density at radius 3 is 2.45 bits per heavy atom. The number of halogens is 3. The van der Waals surface area contributed by atoms with Crippen LogP contribution in [0.1, 0.15) is 17.6 Å². The number of hydrogen-bond donors (Lipinski definition) is 0. The molecule has 2 aromatic rings. The Morgan fingerprint density at radius 2 is 1.80 bits per heavy atom. The molecule has 104 valence electrons. The van der Waals surface area contributed by atoms with Crippen LogP contribution in [0.2, 0.25) is 0 Å². The van der Waals surface area contributed by atoms with E-state index in [-0.39, 0.29) is 12.0 Å². The Kier molecular flexibility index (Phi) is 4.40. The summed E-state index contributed by atoms with van der Waals surface area (Å²) >= 11 is 0. The molecule has 0 radical (unpaired) electrons. The first-order valence-electron chi connectivity index (χ1n) is 5.88. The largest absolute Gasteiger partial charge is 0.426 e. The van der Waals surface area contributed by atoms with Crippen LogP contribution in [0.5, 0.6) is 5.75 Å². The first-order chi connectivity index (χ1) is 9.56. The lowest BCUT2D eigenvalue weighted by atomic mass is 10.1. The zero-order valence-electron chi connectivity index (χ0n) is 10.4. The Bertz CT molecular complexity index is 597. The molecule has 2 rings (SSSR count). The number of carbonyl (C=O) groups excluding carboxylic acids is 1. The maximum Gasteiger partial charge on any atom is 0.315 e. The number of rotatable bonds is 4. The molecule has 0 aliphatic carbocycles. The van der Waals surface area contributed by atoms with E-state index in [1.54, 1.807) is 30.3 Å². The van der Waals surface area contributed by atoms with Crippen LogP contribution in [0.15, 0.2) is 48.5 Å². The highest BCUT2D eigenvalue weighted by molar-refractivity contribution is 5.75. The second-order valence-electron chi connectivity index (χ2n) is 4.12. The predicted octanol–water partition coefficient (Wildman–Crippen LogP) is 3.91. The Hall–Kier alpha value is -2.30. The zero-order chi connectivity index (χ0) is 14.5. The van der Waals surface area contributed by atoms with Crippen LogP contribution in [-0.4, -0.2) is 5.97 Å². The summed E-state index contributed by atoms with van der Waals surface area (Å²) in [5.41, 5.74) is -0.433. The first-order valence-corrected chi connectivity index (χ1v) is 5.88. The molecule has 0 saturated carbocycles. The van der Waals surface area contributed by atoms with Crippen molar-refractivity contribution in [1.82, 2.24) is 0 Å². The van der Waals surface area contributed by atoms with E-state index in [4.69, 9.17) is 4.74 Å². The molecule has 0 amide bonds. The smallest absolute Gasteiger partial charge is 0.315 e. The monoisotopic (exact) mass is 280 g/mol. The molecule has 0 aliphatic rings.